The molecular weight excluding hydrogens is 228 g/mol. The third-order valence-corrected chi connectivity index (χ3v) is 3.41. The lowest BCUT2D eigenvalue weighted by Gasteiger charge is -2.41. The van der Waals surface area contributed by atoms with Crippen LogP contribution in [0.3, 0.4) is 0 Å². The zero-order chi connectivity index (χ0) is 13.2. The Morgan fingerprint density at radius 1 is 1.39 bits per heavy atom. The molecule has 0 radical (unpaired) electrons. The van der Waals surface area contributed by atoms with Crippen LogP contribution in [0.25, 0.3) is 0 Å². The quantitative estimate of drug-likeness (QED) is 0.772. The van der Waals surface area contributed by atoms with Crippen molar-refractivity contribution in [2.24, 2.45) is 0 Å². The second-order valence-electron chi connectivity index (χ2n) is 5.23. The molecule has 1 aromatic rings. The van der Waals surface area contributed by atoms with Crippen LogP contribution >= 0.6 is 0 Å². The van der Waals surface area contributed by atoms with E-state index in [1.807, 2.05) is 26.0 Å². The van der Waals surface area contributed by atoms with Gasteiger partial charge < -0.3 is 14.3 Å². The summed E-state index contributed by atoms with van der Waals surface area (Å²) in [5, 5.41) is 0. The third kappa shape index (κ3) is 2.79. The highest BCUT2D eigenvalue weighted by molar-refractivity contribution is 5.51. The van der Waals surface area contributed by atoms with Gasteiger partial charge in [0.05, 0.1) is 12.7 Å². The van der Waals surface area contributed by atoms with Gasteiger partial charge in [-0.1, -0.05) is 24.3 Å². The van der Waals surface area contributed by atoms with Crippen LogP contribution in [0.4, 0.5) is 0 Å². The molecule has 0 amide bonds. The van der Waals surface area contributed by atoms with Gasteiger partial charge in [0, 0.05) is 12.3 Å². The average Bonchev–Trinajstić information content (AvgIpc) is 2.30. The summed E-state index contributed by atoms with van der Waals surface area (Å²) in [5.41, 5.74) is 2.42. The maximum Gasteiger partial charge on any atom is 0.163 e. The first kappa shape index (κ1) is 13.2. The number of carbonyl (C=O) groups is 1. The van der Waals surface area contributed by atoms with Gasteiger partial charge in [-0.05, 0) is 31.9 Å². The molecule has 0 spiro atoms. The molecule has 0 unspecified atom stereocenters. The maximum absolute atomic E-state index is 10.8. The fraction of sp³-hybridized carbons (Fsp3) is 0.533. The molecule has 2 rings (SSSR count). The lowest BCUT2D eigenvalue weighted by molar-refractivity contribution is -0.280. The van der Waals surface area contributed by atoms with Gasteiger partial charge in [-0.25, -0.2) is 0 Å². The number of hydrogen-bond acceptors (Lipinski definition) is 3. The predicted octanol–water partition coefficient (Wildman–Crippen LogP) is 2.82. The average molecular weight is 248 g/mol. The molecule has 1 fully saturated rings. The molecular formula is C15H20O3. The molecule has 1 aliphatic heterocycles. The van der Waals surface area contributed by atoms with Crippen molar-refractivity contribution in [2.75, 3.05) is 6.61 Å². The number of hydrogen-bond donors (Lipinski definition) is 0. The van der Waals surface area contributed by atoms with Gasteiger partial charge in [0.1, 0.15) is 6.29 Å². The van der Waals surface area contributed by atoms with Gasteiger partial charge >= 0.3 is 0 Å². The van der Waals surface area contributed by atoms with Gasteiger partial charge in [-0.2, -0.15) is 0 Å². The van der Waals surface area contributed by atoms with E-state index in [9.17, 15) is 4.79 Å². The molecule has 3 heteroatoms. The highest BCUT2D eigenvalue weighted by Gasteiger charge is 2.37. The van der Waals surface area contributed by atoms with E-state index >= 15 is 0 Å². The van der Waals surface area contributed by atoms with E-state index in [4.69, 9.17) is 9.47 Å². The number of carbonyl (C=O) groups excluding carboxylic acids is 1. The minimum atomic E-state index is -0.604. The molecule has 1 aliphatic rings. The number of aryl methyl sites for hydroxylation is 1. The van der Waals surface area contributed by atoms with Crippen molar-refractivity contribution < 1.29 is 14.3 Å². The highest BCUT2D eigenvalue weighted by atomic mass is 16.7. The van der Waals surface area contributed by atoms with Crippen LogP contribution < -0.4 is 0 Å². The molecule has 2 atom stereocenters. The van der Waals surface area contributed by atoms with Crippen molar-refractivity contribution in [3.63, 3.8) is 0 Å². The van der Waals surface area contributed by atoms with E-state index in [0.717, 1.165) is 6.29 Å². The Balaban J connectivity index is 2.26. The molecule has 1 heterocycles. The molecule has 0 N–H and O–H groups in total. The first-order valence-corrected chi connectivity index (χ1v) is 6.34. The molecule has 3 nitrogen and oxygen atoms in total. The Morgan fingerprint density at radius 2 is 2.11 bits per heavy atom. The van der Waals surface area contributed by atoms with Crippen molar-refractivity contribution >= 4 is 6.29 Å². The number of ether oxygens (including phenoxy) is 2. The fourth-order valence-electron chi connectivity index (χ4n) is 2.48. The van der Waals surface area contributed by atoms with E-state index in [-0.39, 0.29) is 12.0 Å². The minimum Gasteiger partial charge on any atom is -0.350 e. The van der Waals surface area contributed by atoms with E-state index in [1.165, 1.54) is 11.1 Å². The largest absolute Gasteiger partial charge is 0.350 e. The van der Waals surface area contributed by atoms with Gasteiger partial charge in [0.2, 0.25) is 0 Å². The highest BCUT2D eigenvalue weighted by Crippen LogP contribution is 2.35. The minimum absolute atomic E-state index is 0.104. The molecule has 1 aromatic carbocycles. The van der Waals surface area contributed by atoms with Crippen LogP contribution in [0.2, 0.25) is 0 Å². The predicted molar refractivity (Wildman–Crippen MR) is 69.5 cm³/mol. The van der Waals surface area contributed by atoms with E-state index in [2.05, 4.69) is 19.1 Å². The van der Waals surface area contributed by atoms with Crippen molar-refractivity contribution in [1.29, 1.82) is 0 Å². The first-order valence-electron chi connectivity index (χ1n) is 6.34. The van der Waals surface area contributed by atoms with E-state index in [0.29, 0.717) is 13.0 Å². The monoisotopic (exact) mass is 248 g/mol. The lowest BCUT2D eigenvalue weighted by Crippen LogP contribution is -2.44. The van der Waals surface area contributed by atoms with Crippen LogP contribution in [0.5, 0.6) is 0 Å². The Kier molecular flexibility index (Phi) is 3.83. The van der Waals surface area contributed by atoms with Gasteiger partial charge in [-0.3, -0.25) is 0 Å². The summed E-state index contributed by atoms with van der Waals surface area (Å²) in [6.07, 6.45) is 1.23. The molecule has 0 aliphatic carbocycles. The van der Waals surface area contributed by atoms with Gasteiger partial charge in [0.15, 0.2) is 5.79 Å². The van der Waals surface area contributed by atoms with Crippen molar-refractivity contribution in [3.05, 3.63) is 35.4 Å². The van der Waals surface area contributed by atoms with Crippen LogP contribution in [0.15, 0.2) is 24.3 Å². The van der Waals surface area contributed by atoms with Gasteiger partial charge in [-0.15, -0.1) is 0 Å². The zero-order valence-corrected chi connectivity index (χ0v) is 11.2. The van der Waals surface area contributed by atoms with Crippen LogP contribution in [-0.4, -0.2) is 24.8 Å². The second-order valence-corrected chi connectivity index (χ2v) is 5.23. The number of aldehydes is 1. The topological polar surface area (TPSA) is 35.5 Å². The molecule has 0 aromatic heterocycles. The molecule has 18 heavy (non-hydrogen) atoms. The maximum atomic E-state index is 10.8. The van der Waals surface area contributed by atoms with Crippen LogP contribution in [0.1, 0.15) is 37.3 Å². The SMILES string of the molecule is Cc1ccccc1[C@H]1COC(C)(C)O[C@@H]1CC=O. The molecule has 0 saturated carbocycles. The summed E-state index contributed by atoms with van der Waals surface area (Å²) >= 11 is 0. The molecule has 0 bridgehead atoms. The third-order valence-electron chi connectivity index (χ3n) is 3.41. The Morgan fingerprint density at radius 3 is 2.78 bits per heavy atom. The Bertz CT molecular complexity index is 426. The Labute approximate surface area is 108 Å². The summed E-state index contributed by atoms with van der Waals surface area (Å²) in [6.45, 7) is 6.45. The summed E-state index contributed by atoms with van der Waals surface area (Å²) in [5.74, 6) is -0.475. The summed E-state index contributed by atoms with van der Waals surface area (Å²) in [4.78, 5) is 10.8. The fourth-order valence-corrected chi connectivity index (χ4v) is 2.48. The molecule has 1 saturated heterocycles. The molecule has 98 valence electrons. The normalized spacial score (nSPS) is 26.8. The Hall–Kier alpha value is -1.19. The van der Waals surface area contributed by atoms with E-state index in [1.54, 1.807) is 0 Å². The van der Waals surface area contributed by atoms with Crippen LogP contribution in [-0.2, 0) is 14.3 Å². The first-order chi connectivity index (χ1) is 8.53. The standard InChI is InChI=1S/C15H20O3/c1-11-6-4-5-7-12(11)13-10-17-15(2,3)18-14(13)8-9-16/h4-7,9,13-14H,8,10H2,1-3H3/t13-,14-/m1/s1. The van der Waals surface area contributed by atoms with Crippen molar-refractivity contribution in [1.82, 2.24) is 0 Å². The second kappa shape index (κ2) is 5.21. The van der Waals surface area contributed by atoms with E-state index < -0.39 is 5.79 Å². The number of benzene rings is 1. The summed E-state index contributed by atoms with van der Waals surface area (Å²) in [6, 6.07) is 8.19. The summed E-state index contributed by atoms with van der Waals surface area (Å²) in [7, 11) is 0. The smallest absolute Gasteiger partial charge is 0.163 e. The van der Waals surface area contributed by atoms with Crippen LogP contribution in [0, 0.1) is 6.92 Å². The number of rotatable bonds is 3. The van der Waals surface area contributed by atoms with Crippen molar-refractivity contribution in [3.8, 4) is 0 Å². The lowest BCUT2D eigenvalue weighted by atomic mass is 9.88. The summed E-state index contributed by atoms with van der Waals surface area (Å²) < 4.78 is 11.6. The van der Waals surface area contributed by atoms with Gasteiger partial charge in [0.25, 0.3) is 0 Å². The zero-order valence-electron chi connectivity index (χ0n) is 11.2. The van der Waals surface area contributed by atoms with Crippen molar-refractivity contribution in [2.45, 2.75) is 45.0 Å².